The highest BCUT2D eigenvalue weighted by Gasteiger charge is 2.14. The lowest BCUT2D eigenvalue weighted by Gasteiger charge is -2.13. The van der Waals surface area contributed by atoms with Crippen molar-refractivity contribution >= 4 is 0 Å². The molecule has 15 heavy (non-hydrogen) atoms. The van der Waals surface area contributed by atoms with Crippen molar-refractivity contribution in [1.82, 2.24) is 4.98 Å². The van der Waals surface area contributed by atoms with Gasteiger partial charge >= 0.3 is 0 Å². The molecule has 0 saturated heterocycles. The number of aromatic amines is 1. The second kappa shape index (κ2) is 4.19. The zero-order valence-corrected chi connectivity index (χ0v) is 8.47. The molecule has 2 N–H and O–H groups in total. The van der Waals surface area contributed by atoms with E-state index in [-0.39, 0.29) is 0 Å². The topological polar surface area (TPSA) is 45.2 Å². The number of hydrogen-bond donors (Lipinski definition) is 2. The summed E-state index contributed by atoms with van der Waals surface area (Å²) in [7, 11) is 1.60. The van der Waals surface area contributed by atoms with Gasteiger partial charge in [0.05, 0.1) is 7.11 Å². The van der Waals surface area contributed by atoms with Gasteiger partial charge in [-0.25, -0.2) is 0 Å². The highest BCUT2D eigenvalue weighted by molar-refractivity contribution is 5.38. The van der Waals surface area contributed by atoms with Gasteiger partial charge in [0.2, 0.25) is 0 Å². The lowest BCUT2D eigenvalue weighted by molar-refractivity contribution is 0.210. The largest absolute Gasteiger partial charge is 0.496 e. The molecule has 2 aromatic rings. The quantitative estimate of drug-likeness (QED) is 0.802. The molecule has 0 aliphatic carbocycles. The van der Waals surface area contributed by atoms with Crippen molar-refractivity contribution in [3.63, 3.8) is 0 Å². The molecule has 0 spiro atoms. The standard InChI is InChI=1S/C12H13NO2/c1-15-11-7-3-2-5-9(11)12(14)10-6-4-8-13-10/h2-8,12-14H,1H3. The lowest BCUT2D eigenvalue weighted by atomic mass is 10.1. The normalized spacial score (nSPS) is 12.4. The summed E-state index contributed by atoms with van der Waals surface area (Å²) in [4.78, 5) is 2.98. The third kappa shape index (κ3) is 1.87. The van der Waals surface area contributed by atoms with Crippen molar-refractivity contribution in [2.75, 3.05) is 7.11 Å². The molecule has 1 aromatic carbocycles. The fourth-order valence-electron chi connectivity index (χ4n) is 1.57. The van der Waals surface area contributed by atoms with Gasteiger partial charge in [-0.15, -0.1) is 0 Å². The molecular formula is C12H13NO2. The van der Waals surface area contributed by atoms with Gasteiger partial charge in [-0.05, 0) is 18.2 Å². The van der Waals surface area contributed by atoms with Gasteiger partial charge in [-0.1, -0.05) is 18.2 Å². The monoisotopic (exact) mass is 203 g/mol. The van der Waals surface area contributed by atoms with Crippen LogP contribution >= 0.6 is 0 Å². The molecule has 2 rings (SSSR count). The Morgan fingerprint density at radius 2 is 2.00 bits per heavy atom. The number of hydrogen-bond acceptors (Lipinski definition) is 2. The zero-order chi connectivity index (χ0) is 10.7. The van der Waals surface area contributed by atoms with E-state index >= 15 is 0 Å². The minimum absolute atomic E-state index is 0.670. The van der Waals surface area contributed by atoms with Crippen LogP contribution in [0.3, 0.4) is 0 Å². The Morgan fingerprint density at radius 1 is 1.20 bits per heavy atom. The van der Waals surface area contributed by atoms with Gasteiger partial charge in [0.25, 0.3) is 0 Å². The first-order chi connectivity index (χ1) is 7.33. The maximum absolute atomic E-state index is 10.1. The second-order valence-electron chi connectivity index (χ2n) is 3.27. The van der Waals surface area contributed by atoms with Crippen LogP contribution in [0.15, 0.2) is 42.6 Å². The smallest absolute Gasteiger partial charge is 0.125 e. The first-order valence-corrected chi connectivity index (χ1v) is 4.77. The minimum atomic E-state index is -0.670. The third-order valence-electron chi connectivity index (χ3n) is 2.35. The Labute approximate surface area is 88.3 Å². The summed E-state index contributed by atoms with van der Waals surface area (Å²) in [6, 6.07) is 11.1. The van der Waals surface area contributed by atoms with E-state index in [0.717, 1.165) is 11.3 Å². The molecule has 3 nitrogen and oxygen atoms in total. The van der Waals surface area contributed by atoms with Crippen molar-refractivity contribution in [3.8, 4) is 5.75 Å². The van der Waals surface area contributed by atoms with Crippen LogP contribution in [-0.2, 0) is 0 Å². The van der Waals surface area contributed by atoms with E-state index in [4.69, 9.17) is 4.74 Å². The number of para-hydroxylation sites is 1. The van der Waals surface area contributed by atoms with E-state index in [2.05, 4.69) is 4.98 Å². The van der Waals surface area contributed by atoms with E-state index in [1.54, 1.807) is 13.3 Å². The molecular weight excluding hydrogens is 190 g/mol. The average molecular weight is 203 g/mol. The summed E-state index contributed by atoms with van der Waals surface area (Å²) in [6.45, 7) is 0. The molecule has 0 amide bonds. The van der Waals surface area contributed by atoms with Crippen molar-refractivity contribution in [3.05, 3.63) is 53.9 Å². The first kappa shape index (κ1) is 9.80. The molecule has 0 radical (unpaired) electrons. The molecule has 1 atom stereocenters. The summed E-state index contributed by atoms with van der Waals surface area (Å²) in [5.74, 6) is 0.694. The van der Waals surface area contributed by atoms with Gasteiger partial charge < -0.3 is 14.8 Å². The first-order valence-electron chi connectivity index (χ1n) is 4.77. The third-order valence-corrected chi connectivity index (χ3v) is 2.35. The Hall–Kier alpha value is -1.74. The number of aromatic nitrogens is 1. The van der Waals surface area contributed by atoms with Gasteiger partial charge in [-0.3, -0.25) is 0 Å². The number of aliphatic hydroxyl groups is 1. The van der Waals surface area contributed by atoms with Crippen LogP contribution in [-0.4, -0.2) is 17.2 Å². The summed E-state index contributed by atoms with van der Waals surface area (Å²) in [5.41, 5.74) is 1.53. The van der Waals surface area contributed by atoms with Crippen LogP contribution < -0.4 is 4.74 Å². The summed E-state index contributed by atoms with van der Waals surface area (Å²) in [5, 5.41) is 10.1. The minimum Gasteiger partial charge on any atom is -0.496 e. The Balaban J connectivity index is 2.37. The number of ether oxygens (including phenoxy) is 1. The van der Waals surface area contributed by atoms with Crippen LogP contribution in [0.2, 0.25) is 0 Å². The van der Waals surface area contributed by atoms with Gasteiger partial charge in [0, 0.05) is 17.5 Å². The van der Waals surface area contributed by atoms with Gasteiger partial charge in [0.1, 0.15) is 11.9 Å². The van der Waals surface area contributed by atoms with Crippen LogP contribution in [0, 0.1) is 0 Å². The average Bonchev–Trinajstić information content (AvgIpc) is 2.81. The molecule has 3 heteroatoms. The van der Waals surface area contributed by atoms with Crippen molar-refractivity contribution in [2.45, 2.75) is 6.10 Å². The predicted molar refractivity (Wildman–Crippen MR) is 57.8 cm³/mol. The maximum Gasteiger partial charge on any atom is 0.125 e. The highest BCUT2D eigenvalue weighted by Crippen LogP contribution is 2.28. The Kier molecular flexibility index (Phi) is 2.74. The van der Waals surface area contributed by atoms with Crippen molar-refractivity contribution in [1.29, 1.82) is 0 Å². The van der Waals surface area contributed by atoms with Gasteiger partial charge in [-0.2, -0.15) is 0 Å². The number of benzene rings is 1. The predicted octanol–water partition coefficient (Wildman–Crippen LogP) is 2.10. The number of H-pyrrole nitrogens is 1. The van der Waals surface area contributed by atoms with E-state index < -0.39 is 6.10 Å². The SMILES string of the molecule is COc1ccccc1C(O)c1ccc[nH]1. The second-order valence-corrected chi connectivity index (χ2v) is 3.27. The van der Waals surface area contributed by atoms with Crippen LogP contribution in [0.1, 0.15) is 17.4 Å². The van der Waals surface area contributed by atoms with E-state index in [1.807, 2.05) is 36.4 Å². The summed E-state index contributed by atoms with van der Waals surface area (Å²) < 4.78 is 5.19. The van der Waals surface area contributed by atoms with Crippen LogP contribution in [0.25, 0.3) is 0 Å². The van der Waals surface area contributed by atoms with E-state index in [1.165, 1.54) is 0 Å². The van der Waals surface area contributed by atoms with E-state index in [0.29, 0.717) is 5.75 Å². The molecule has 0 aliphatic heterocycles. The number of rotatable bonds is 3. The number of nitrogens with one attached hydrogen (secondary N) is 1. The Bertz CT molecular complexity index is 423. The summed E-state index contributed by atoms with van der Waals surface area (Å²) in [6.07, 6.45) is 1.12. The van der Waals surface area contributed by atoms with Crippen LogP contribution in [0.5, 0.6) is 5.75 Å². The number of methoxy groups -OCH3 is 1. The molecule has 0 aliphatic rings. The van der Waals surface area contributed by atoms with Crippen LogP contribution in [0.4, 0.5) is 0 Å². The lowest BCUT2D eigenvalue weighted by Crippen LogP contribution is -2.02. The van der Waals surface area contributed by atoms with Crippen molar-refractivity contribution < 1.29 is 9.84 Å². The molecule has 78 valence electrons. The maximum atomic E-state index is 10.1. The molecule has 0 fully saturated rings. The molecule has 0 bridgehead atoms. The molecule has 0 saturated carbocycles. The van der Waals surface area contributed by atoms with Crippen molar-refractivity contribution in [2.24, 2.45) is 0 Å². The van der Waals surface area contributed by atoms with Gasteiger partial charge in [0.15, 0.2) is 0 Å². The highest BCUT2D eigenvalue weighted by atomic mass is 16.5. The zero-order valence-electron chi connectivity index (χ0n) is 8.47. The van der Waals surface area contributed by atoms with E-state index in [9.17, 15) is 5.11 Å². The summed E-state index contributed by atoms with van der Waals surface area (Å²) >= 11 is 0. The Morgan fingerprint density at radius 3 is 2.67 bits per heavy atom. The number of aliphatic hydroxyl groups excluding tert-OH is 1. The fraction of sp³-hybridized carbons (Fsp3) is 0.167. The fourth-order valence-corrected chi connectivity index (χ4v) is 1.57. The molecule has 1 aromatic heterocycles. The molecule has 1 heterocycles. The molecule has 1 unspecified atom stereocenters.